The molecule has 3 aliphatic rings. The van der Waals surface area contributed by atoms with Gasteiger partial charge in [-0.05, 0) is 204 Å². The Labute approximate surface area is 745 Å². The number of benzene rings is 6. The number of halogens is 1. The van der Waals surface area contributed by atoms with E-state index < -0.39 is 0 Å². The van der Waals surface area contributed by atoms with Gasteiger partial charge in [0.2, 0.25) is 0 Å². The molecule has 0 saturated carbocycles. The maximum Gasteiger partial charge on any atom is 1.00 e. The van der Waals surface area contributed by atoms with Crippen LogP contribution in [0.4, 0.5) is 0 Å². The molecule has 6 aromatic rings. The molecule has 0 amide bonds. The van der Waals surface area contributed by atoms with Crippen LogP contribution in [-0.2, 0) is 85.0 Å². The molecular formula is C98H152ClN2NaO9S4. The van der Waals surface area contributed by atoms with E-state index in [4.69, 9.17) is 49.5 Å². The van der Waals surface area contributed by atoms with Gasteiger partial charge >= 0.3 is 29.6 Å². The van der Waals surface area contributed by atoms with Crippen molar-refractivity contribution in [2.24, 2.45) is 0 Å². The fourth-order valence-corrected chi connectivity index (χ4v) is 20.1. The largest absolute Gasteiger partial charge is 1.00 e. The number of aliphatic hydroxyl groups excluding tert-OH is 1. The first-order valence-electron chi connectivity index (χ1n) is 41.9. The van der Waals surface area contributed by atoms with Crippen molar-refractivity contribution < 1.29 is 74.0 Å². The molecule has 115 heavy (non-hydrogen) atoms. The topological polar surface area (TPSA) is 101 Å². The number of rotatable bonds is 30. The summed E-state index contributed by atoms with van der Waals surface area (Å²) in [6, 6.07) is 39.6. The fourth-order valence-electron chi connectivity index (χ4n) is 14.7. The molecule has 11 nitrogen and oxygen atoms in total. The van der Waals surface area contributed by atoms with E-state index in [2.05, 4.69) is 276 Å². The number of morpholine rings is 2. The van der Waals surface area contributed by atoms with Gasteiger partial charge in [-0.15, -0.1) is 58.6 Å². The second-order valence-electron chi connectivity index (χ2n) is 39.4. The Hall–Kier alpha value is -2.75. The van der Waals surface area contributed by atoms with Gasteiger partial charge in [0.05, 0.1) is 54.4 Å². The van der Waals surface area contributed by atoms with E-state index in [-0.39, 0.29) is 103 Å². The molecule has 6 aromatic carbocycles. The number of hydrogen-bond acceptors (Lipinski definition) is 15. The molecule has 9 rings (SSSR count). The molecule has 640 valence electrons. The summed E-state index contributed by atoms with van der Waals surface area (Å²) in [5.41, 5.74) is 14.9. The maximum atomic E-state index is 10.0. The van der Waals surface area contributed by atoms with Crippen molar-refractivity contribution in [1.82, 2.24) is 9.80 Å². The summed E-state index contributed by atoms with van der Waals surface area (Å²) in [6.07, 6.45) is 4.07. The van der Waals surface area contributed by atoms with E-state index in [1.165, 1.54) is 76.9 Å². The van der Waals surface area contributed by atoms with Crippen LogP contribution in [0.25, 0.3) is 0 Å². The quantitative estimate of drug-likeness (QED) is 0.0152. The third kappa shape index (κ3) is 34.5. The van der Waals surface area contributed by atoms with Crippen LogP contribution in [0.5, 0.6) is 11.5 Å². The van der Waals surface area contributed by atoms with Crippen LogP contribution >= 0.6 is 58.6 Å². The predicted molar refractivity (Wildman–Crippen MR) is 492 cm³/mol. The van der Waals surface area contributed by atoms with Crippen molar-refractivity contribution in [2.45, 2.75) is 304 Å². The van der Waals surface area contributed by atoms with Crippen LogP contribution in [0.1, 0.15) is 274 Å². The zero-order valence-corrected chi connectivity index (χ0v) is 83.0. The first-order valence-corrected chi connectivity index (χ1v) is 45.7. The monoisotopic (exact) mass is 1690 g/mol. The van der Waals surface area contributed by atoms with Gasteiger partial charge < -0.3 is 44.4 Å². The molecule has 3 fully saturated rings. The predicted octanol–water partition coefficient (Wildman–Crippen LogP) is 22.3. The average Bonchev–Trinajstić information content (AvgIpc) is 0.795. The molecule has 0 aliphatic carbocycles. The van der Waals surface area contributed by atoms with Crippen LogP contribution in [-0.4, -0.2) is 141 Å². The van der Waals surface area contributed by atoms with Gasteiger partial charge in [0.25, 0.3) is 0 Å². The Morgan fingerprint density at radius 2 is 0.678 bits per heavy atom. The molecule has 0 radical (unpaired) electrons. The van der Waals surface area contributed by atoms with Gasteiger partial charge in [0.15, 0.2) is 13.6 Å². The van der Waals surface area contributed by atoms with Crippen molar-refractivity contribution >= 4 is 58.6 Å². The van der Waals surface area contributed by atoms with Gasteiger partial charge in [-0.3, -0.25) is 9.80 Å². The molecule has 1 N–H and O–H groups in total. The van der Waals surface area contributed by atoms with E-state index in [0.717, 1.165) is 132 Å². The number of hydrogen-bond donors (Lipinski definition) is 1. The first kappa shape index (κ1) is 103. The summed E-state index contributed by atoms with van der Waals surface area (Å²) in [5.74, 6) is 2.55. The summed E-state index contributed by atoms with van der Waals surface area (Å²) < 4.78 is 46.9. The summed E-state index contributed by atoms with van der Waals surface area (Å²) >= 11 is 13.3. The molecule has 3 aliphatic heterocycles. The first-order chi connectivity index (χ1) is 53.0. The summed E-state index contributed by atoms with van der Waals surface area (Å²) in [7, 11) is 0. The zero-order chi connectivity index (χ0) is 84.7. The summed E-state index contributed by atoms with van der Waals surface area (Å²) in [6.45, 7) is 78.8. The van der Waals surface area contributed by atoms with Gasteiger partial charge in [0.1, 0.15) is 11.5 Å². The van der Waals surface area contributed by atoms with Gasteiger partial charge in [-0.2, -0.15) is 0 Å². The van der Waals surface area contributed by atoms with Gasteiger partial charge in [-0.1, -0.05) is 213 Å². The van der Waals surface area contributed by atoms with Crippen molar-refractivity contribution in [3.8, 4) is 11.5 Å². The zero-order valence-electron chi connectivity index (χ0n) is 78.0. The molecule has 3 heterocycles. The smallest absolute Gasteiger partial charge is 1.00 e. The summed E-state index contributed by atoms with van der Waals surface area (Å²) in [4.78, 5) is 9.85. The van der Waals surface area contributed by atoms with Crippen LogP contribution in [0.2, 0.25) is 0 Å². The molecule has 0 bridgehead atoms. The standard InChI is InChI=1S/C47H71NO4S2.C41H60O3S2.C6H12ClNO.C4H8O.Na.H/c1-34-38(43(2,3)4)28-36(29-39(34)44(5,6)7)53-47(13,14)54-37-30-40(45(8,9)10)42(52-33-51-32-35-18-16-15-17-19-35)41(31-37)46(11,12)20-24-49-25-21-48-22-26-50-27-23-48;1-28-32(37(2,3)4)22-30(23-33(28)38(5,6)7)45-41(13,14)46-31-24-34(39(8,9)10)36(35(25-31)40(11,12)20-21-42)44-27-43-26-29-18-16-15-17-19-29;7-1-2-8-3-5-9-6-4-8;1-2-4-5-3-1;;/h15-19,28-31H,20-27,32-33H2,1-14H3;15-19,22-25,42H,20-21,26-27H2,1-14H3;1-6H2;1-4H2;;/q;;;;+1;-1. The molecule has 3 saturated heterocycles. The normalized spacial score (nSPS) is 15.2. The molecule has 0 unspecified atom stereocenters. The number of alkyl halides is 1. The fraction of sp³-hybridized carbons (Fsp3) is 0.633. The van der Waals surface area contributed by atoms with Crippen molar-refractivity contribution in [3.63, 3.8) is 0 Å². The Balaban J connectivity index is 0.000000413. The third-order valence-electron chi connectivity index (χ3n) is 21.0. The minimum Gasteiger partial charge on any atom is -1.00 e. The molecule has 0 aromatic heterocycles. The number of thioether (sulfide) groups is 4. The van der Waals surface area contributed by atoms with E-state index >= 15 is 0 Å². The second kappa shape index (κ2) is 46.1. The van der Waals surface area contributed by atoms with E-state index in [1.807, 2.05) is 83.4 Å². The minimum absolute atomic E-state index is 0. The van der Waals surface area contributed by atoms with E-state index in [1.54, 1.807) is 0 Å². The van der Waals surface area contributed by atoms with Crippen molar-refractivity contribution in [1.29, 1.82) is 0 Å². The van der Waals surface area contributed by atoms with Crippen molar-refractivity contribution in [2.75, 3.05) is 118 Å². The van der Waals surface area contributed by atoms with Gasteiger partial charge in [0, 0.05) is 113 Å². The maximum absolute atomic E-state index is 10.0. The second-order valence-corrected chi connectivity index (χ2v) is 47.1. The van der Waals surface area contributed by atoms with E-state index in [9.17, 15) is 5.11 Å². The number of ether oxygens (including phenoxy) is 8. The summed E-state index contributed by atoms with van der Waals surface area (Å²) in [5, 5.41) is 10.0. The number of aliphatic hydroxyl groups is 1. The third-order valence-corrected chi connectivity index (χ3v) is 26.1. The van der Waals surface area contributed by atoms with Crippen molar-refractivity contribution in [3.05, 3.63) is 176 Å². The number of nitrogens with zero attached hydrogens (tertiary/aromatic N) is 2. The Bertz CT molecular complexity index is 3800. The Morgan fingerprint density at radius 1 is 0.383 bits per heavy atom. The van der Waals surface area contributed by atoms with Crippen LogP contribution in [0, 0.1) is 13.8 Å². The van der Waals surface area contributed by atoms with Crippen LogP contribution < -0.4 is 39.0 Å². The Kier molecular flexibility index (Phi) is 41.2. The van der Waals surface area contributed by atoms with Crippen LogP contribution in [0.3, 0.4) is 0 Å². The minimum atomic E-state index is -0.294. The molecular weight excluding hydrogens is 1540 g/mol. The van der Waals surface area contributed by atoms with Gasteiger partial charge in [-0.25, -0.2) is 0 Å². The van der Waals surface area contributed by atoms with E-state index in [0.29, 0.717) is 26.2 Å². The van der Waals surface area contributed by atoms with Crippen LogP contribution in [0.15, 0.2) is 129 Å². The SMILES string of the molecule is C1CCOC1.Cc1c(C(C)(C)C)cc(SC(C)(C)Sc2cc(C(C)(C)C)c(OCOCc3ccccc3)c(C(C)(C)CCO)c2)cc1C(C)(C)C.Cc1c(C(C)(C)C)cc(SC(C)(C)Sc2cc(C(C)(C)C)c(OCOCc3ccccc3)c(C(C)(C)CCOCCN3CCOCC3)c2)cc1C(C)(C)C.ClCCN1CCOCC1.[H-].[Na+]. The molecule has 17 heteroatoms. The molecule has 0 atom stereocenters. The Morgan fingerprint density at radius 3 is 0.974 bits per heavy atom. The molecule has 0 spiro atoms. The average molecular weight is 1690 g/mol.